The molecule has 0 rings (SSSR count). The van der Waals surface area contributed by atoms with Gasteiger partial charge in [0, 0.05) is 5.97 Å². The summed E-state index contributed by atoms with van der Waals surface area (Å²) in [7, 11) is 0. The Kier molecular flexibility index (Phi) is 40.4. The van der Waals surface area contributed by atoms with Crippen molar-refractivity contribution < 1.29 is 61.3 Å². The van der Waals surface area contributed by atoms with Gasteiger partial charge in [-0.3, -0.25) is 0 Å². The van der Waals surface area contributed by atoms with Crippen LogP contribution in [0.2, 0.25) is 0 Å². The Bertz CT molecular complexity index is 413. The maximum Gasteiger partial charge on any atom is 1.00 e. The zero-order valence-electron chi connectivity index (χ0n) is 25.9. The number of unbranched alkanes of at least 4 members (excludes halogenated alkanes) is 30. The summed E-state index contributed by atoms with van der Waals surface area (Å²) < 4.78 is 0. The molecule has 0 aromatic rings. The van der Waals surface area contributed by atoms with Crippen LogP contribution in [-0.2, 0) is 4.79 Å². The molecule has 216 valence electrons. The van der Waals surface area contributed by atoms with E-state index >= 15 is 0 Å². The molecule has 0 aromatic carbocycles. The van der Waals surface area contributed by atoms with E-state index in [1.165, 1.54) is 186 Å². The summed E-state index contributed by atoms with van der Waals surface area (Å²) in [6.07, 6.45) is 43.6. The number of hydrogen-bond donors (Lipinski definition) is 0. The molecule has 3 heteroatoms. The minimum Gasteiger partial charge on any atom is -0.550 e. The summed E-state index contributed by atoms with van der Waals surface area (Å²) in [4.78, 5) is 10.4. The van der Waals surface area contributed by atoms with Crippen molar-refractivity contribution in [3.8, 4) is 0 Å². The standard InChI is InChI=1S/C34H68O2.K/c1-2-3-4-5-6-7-8-9-10-11-12-13-14-15-16-17-18-19-20-21-22-23-24-25-26-27-28-29-30-31-32-33-34(35)36;/h2-33H2,1H3,(H,35,36);/q;+1/p-1. The Balaban J connectivity index is 0. The zero-order chi connectivity index (χ0) is 26.2. The van der Waals surface area contributed by atoms with Gasteiger partial charge in [-0.25, -0.2) is 0 Å². The molecule has 0 aliphatic carbocycles. The number of carboxylic acid groups (broad SMARTS) is 1. The van der Waals surface area contributed by atoms with Gasteiger partial charge in [-0.2, -0.15) is 0 Å². The van der Waals surface area contributed by atoms with Crippen LogP contribution >= 0.6 is 0 Å². The molecule has 0 fully saturated rings. The van der Waals surface area contributed by atoms with E-state index < -0.39 is 5.97 Å². The molecule has 0 saturated carbocycles. The van der Waals surface area contributed by atoms with Crippen LogP contribution in [0, 0.1) is 0 Å². The van der Waals surface area contributed by atoms with E-state index in [9.17, 15) is 9.90 Å². The first-order chi connectivity index (χ1) is 17.8. The van der Waals surface area contributed by atoms with Crippen molar-refractivity contribution in [1.82, 2.24) is 0 Å². The second kappa shape index (κ2) is 37.1. The summed E-state index contributed by atoms with van der Waals surface area (Å²) in [5, 5.41) is 10.4. The molecule has 37 heavy (non-hydrogen) atoms. The predicted octanol–water partition coefficient (Wildman–Crippen LogP) is 8.24. The van der Waals surface area contributed by atoms with Crippen LogP contribution in [0.1, 0.15) is 212 Å². The van der Waals surface area contributed by atoms with Crippen molar-refractivity contribution >= 4 is 5.97 Å². The molecular formula is C34H67KO2. The number of aliphatic carboxylic acids is 1. The fourth-order valence-electron chi connectivity index (χ4n) is 5.47. The third-order valence-electron chi connectivity index (χ3n) is 7.98. The molecule has 0 heterocycles. The van der Waals surface area contributed by atoms with E-state index in [1.54, 1.807) is 0 Å². The molecule has 0 radical (unpaired) electrons. The topological polar surface area (TPSA) is 40.1 Å². The van der Waals surface area contributed by atoms with Gasteiger partial charge in [0.25, 0.3) is 0 Å². The molecule has 0 spiro atoms. The fraction of sp³-hybridized carbons (Fsp3) is 0.971. The van der Waals surface area contributed by atoms with Gasteiger partial charge < -0.3 is 9.90 Å². The van der Waals surface area contributed by atoms with Gasteiger partial charge >= 0.3 is 51.4 Å². The smallest absolute Gasteiger partial charge is 0.550 e. The summed E-state index contributed by atoms with van der Waals surface area (Å²) in [5.74, 6) is -0.898. The number of hydrogen-bond acceptors (Lipinski definition) is 2. The van der Waals surface area contributed by atoms with E-state index in [0.717, 1.165) is 12.8 Å². The number of carbonyl (C=O) groups excluding carboxylic acids is 1. The summed E-state index contributed by atoms with van der Waals surface area (Å²) in [6.45, 7) is 2.30. The molecule has 0 N–H and O–H groups in total. The number of rotatable bonds is 32. The molecule has 0 saturated heterocycles. The summed E-state index contributed by atoms with van der Waals surface area (Å²) in [6, 6.07) is 0. The molecule has 0 atom stereocenters. The Morgan fingerprint density at radius 1 is 0.351 bits per heavy atom. The third-order valence-corrected chi connectivity index (χ3v) is 7.98. The zero-order valence-corrected chi connectivity index (χ0v) is 29.1. The second-order valence-corrected chi connectivity index (χ2v) is 11.7. The van der Waals surface area contributed by atoms with Crippen LogP contribution in [-0.4, -0.2) is 5.97 Å². The van der Waals surface area contributed by atoms with Crippen LogP contribution < -0.4 is 56.5 Å². The number of carbonyl (C=O) groups is 1. The van der Waals surface area contributed by atoms with Gasteiger partial charge in [0.05, 0.1) is 0 Å². The van der Waals surface area contributed by atoms with E-state index in [-0.39, 0.29) is 57.8 Å². The van der Waals surface area contributed by atoms with E-state index in [1.807, 2.05) is 0 Å². The van der Waals surface area contributed by atoms with E-state index in [0.29, 0.717) is 0 Å². The van der Waals surface area contributed by atoms with Crippen molar-refractivity contribution in [1.29, 1.82) is 0 Å². The second-order valence-electron chi connectivity index (χ2n) is 11.7. The Labute approximate surface area is 277 Å². The van der Waals surface area contributed by atoms with Crippen LogP contribution in [0.5, 0.6) is 0 Å². The van der Waals surface area contributed by atoms with Crippen LogP contribution in [0.25, 0.3) is 0 Å². The first-order valence-electron chi connectivity index (χ1n) is 17.0. The number of carboxylic acids is 1. The quantitative estimate of drug-likeness (QED) is 0.0629. The average molecular weight is 547 g/mol. The van der Waals surface area contributed by atoms with Crippen molar-refractivity contribution in [2.75, 3.05) is 0 Å². The van der Waals surface area contributed by atoms with Crippen molar-refractivity contribution in [2.45, 2.75) is 212 Å². The van der Waals surface area contributed by atoms with Crippen LogP contribution in [0.4, 0.5) is 0 Å². The van der Waals surface area contributed by atoms with Gasteiger partial charge in [-0.15, -0.1) is 0 Å². The molecule has 0 aromatic heterocycles. The SMILES string of the molecule is CCCCCCCCCCCCCCCCCCCCCCCCCCCCCCCCCC(=O)[O-].[K+]. The monoisotopic (exact) mass is 546 g/mol. The Morgan fingerprint density at radius 2 is 0.514 bits per heavy atom. The molecule has 0 unspecified atom stereocenters. The van der Waals surface area contributed by atoms with Crippen molar-refractivity contribution in [2.24, 2.45) is 0 Å². The van der Waals surface area contributed by atoms with Gasteiger partial charge in [0.1, 0.15) is 0 Å². The fourth-order valence-corrected chi connectivity index (χ4v) is 5.47. The summed E-state index contributed by atoms with van der Waals surface area (Å²) >= 11 is 0. The van der Waals surface area contributed by atoms with Gasteiger partial charge in [-0.05, 0) is 12.8 Å². The molecule has 0 aliphatic rings. The normalized spacial score (nSPS) is 11.1. The largest absolute Gasteiger partial charge is 1.00 e. The van der Waals surface area contributed by atoms with Gasteiger partial charge in [0.2, 0.25) is 0 Å². The third kappa shape index (κ3) is 39.3. The molecule has 0 bridgehead atoms. The first kappa shape index (κ1) is 40.2. The molecule has 0 aliphatic heterocycles. The molecule has 0 amide bonds. The Hall–Kier alpha value is 1.11. The average Bonchev–Trinajstić information content (AvgIpc) is 2.87. The van der Waals surface area contributed by atoms with Gasteiger partial charge in [0.15, 0.2) is 0 Å². The molecule has 2 nitrogen and oxygen atoms in total. The van der Waals surface area contributed by atoms with Crippen LogP contribution in [0.3, 0.4) is 0 Å². The van der Waals surface area contributed by atoms with Crippen molar-refractivity contribution in [3.63, 3.8) is 0 Å². The molecular weight excluding hydrogens is 479 g/mol. The van der Waals surface area contributed by atoms with E-state index in [4.69, 9.17) is 0 Å². The van der Waals surface area contributed by atoms with Crippen molar-refractivity contribution in [3.05, 3.63) is 0 Å². The maximum absolute atomic E-state index is 10.4. The Morgan fingerprint density at radius 3 is 0.676 bits per heavy atom. The first-order valence-corrected chi connectivity index (χ1v) is 17.0. The minimum atomic E-state index is -0.898. The minimum absolute atomic E-state index is 0. The summed E-state index contributed by atoms with van der Waals surface area (Å²) in [5.41, 5.74) is 0. The van der Waals surface area contributed by atoms with E-state index in [2.05, 4.69) is 6.92 Å². The van der Waals surface area contributed by atoms with Crippen LogP contribution in [0.15, 0.2) is 0 Å². The maximum atomic E-state index is 10.4. The van der Waals surface area contributed by atoms with Gasteiger partial charge in [-0.1, -0.05) is 200 Å². The predicted molar refractivity (Wildman–Crippen MR) is 158 cm³/mol.